The van der Waals surface area contributed by atoms with Crippen molar-refractivity contribution in [3.63, 3.8) is 0 Å². The van der Waals surface area contributed by atoms with Gasteiger partial charge in [0.05, 0.1) is 0 Å². The molecular formula is C14H20N2O. The Labute approximate surface area is 103 Å². The maximum absolute atomic E-state index is 12.1. The predicted octanol–water partition coefficient (Wildman–Crippen LogP) is 1.92. The average Bonchev–Trinajstić information content (AvgIpc) is 2.72. The van der Waals surface area contributed by atoms with Crippen LogP contribution in [-0.4, -0.2) is 23.4 Å². The SMILES string of the molecule is CCNC(C)CC(=O)N1Cc2ccccc2C1. The molecule has 0 aromatic heterocycles. The third-order valence-corrected chi connectivity index (χ3v) is 3.23. The van der Waals surface area contributed by atoms with Crippen LogP contribution in [0.2, 0.25) is 0 Å². The first kappa shape index (κ1) is 12.1. The minimum atomic E-state index is 0.245. The third kappa shape index (κ3) is 2.86. The molecule has 1 aromatic rings. The predicted molar refractivity (Wildman–Crippen MR) is 68.5 cm³/mol. The number of benzene rings is 1. The van der Waals surface area contributed by atoms with Gasteiger partial charge in [-0.1, -0.05) is 31.2 Å². The molecule has 2 rings (SSSR count). The maximum atomic E-state index is 12.1. The quantitative estimate of drug-likeness (QED) is 0.860. The molecule has 1 N–H and O–H groups in total. The van der Waals surface area contributed by atoms with Crippen molar-refractivity contribution >= 4 is 5.91 Å². The van der Waals surface area contributed by atoms with E-state index in [1.165, 1.54) is 11.1 Å². The minimum Gasteiger partial charge on any atom is -0.334 e. The number of rotatable bonds is 4. The van der Waals surface area contributed by atoms with Crippen molar-refractivity contribution in [2.45, 2.75) is 39.4 Å². The molecule has 0 saturated carbocycles. The van der Waals surface area contributed by atoms with Crippen LogP contribution in [0, 0.1) is 0 Å². The van der Waals surface area contributed by atoms with Gasteiger partial charge in [-0.05, 0) is 24.6 Å². The standard InChI is InChI=1S/C14H20N2O/c1-3-15-11(2)8-14(17)16-9-12-6-4-5-7-13(12)10-16/h4-7,11,15H,3,8-10H2,1-2H3. The van der Waals surface area contributed by atoms with E-state index in [1.807, 2.05) is 17.0 Å². The van der Waals surface area contributed by atoms with E-state index in [4.69, 9.17) is 0 Å². The first-order valence-electron chi connectivity index (χ1n) is 6.28. The molecule has 0 saturated heterocycles. The maximum Gasteiger partial charge on any atom is 0.224 e. The fraction of sp³-hybridized carbons (Fsp3) is 0.500. The molecule has 92 valence electrons. The van der Waals surface area contributed by atoms with Crippen molar-refractivity contribution in [2.24, 2.45) is 0 Å². The topological polar surface area (TPSA) is 32.3 Å². The summed E-state index contributed by atoms with van der Waals surface area (Å²) in [5.41, 5.74) is 2.58. The first-order chi connectivity index (χ1) is 8.20. The zero-order valence-corrected chi connectivity index (χ0v) is 10.6. The second-order valence-electron chi connectivity index (χ2n) is 4.68. The molecule has 0 fully saturated rings. The molecule has 1 amide bonds. The van der Waals surface area contributed by atoms with Crippen molar-refractivity contribution in [3.8, 4) is 0 Å². The van der Waals surface area contributed by atoms with Gasteiger partial charge in [0.25, 0.3) is 0 Å². The van der Waals surface area contributed by atoms with Crippen LogP contribution in [-0.2, 0) is 17.9 Å². The highest BCUT2D eigenvalue weighted by Gasteiger charge is 2.23. The smallest absolute Gasteiger partial charge is 0.224 e. The summed E-state index contributed by atoms with van der Waals surface area (Å²) >= 11 is 0. The Balaban J connectivity index is 1.92. The fourth-order valence-electron chi connectivity index (χ4n) is 2.32. The molecule has 17 heavy (non-hydrogen) atoms. The Morgan fingerprint density at radius 2 is 1.94 bits per heavy atom. The molecule has 0 aliphatic carbocycles. The molecule has 1 heterocycles. The highest BCUT2D eigenvalue weighted by atomic mass is 16.2. The number of fused-ring (bicyclic) bond motifs is 1. The van der Waals surface area contributed by atoms with Crippen molar-refractivity contribution in [1.82, 2.24) is 10.2 Å². The molecule has 1 aliphatic rings. The van der Waals surface area contributed by atoms with Crippen molar-refractivity contribution in [1.29, 1.82) is 0 Å². The Bertz CT molecular complexity index is 378. The van der Waals surface area contributed by atoms with Crippen LogP contribution in [0.1, 0.15) is 31.4 Å². The van der Waals surface area contributed by atoms with E-state index < -0.39 is 0 Å². The number of nitrogens with one attached hydrogen (secondary N) is 1. The lowest BCUT2D eigenvalue weighted by atomic mass is 10.1. The number of nitrogens with zero attached hydrogens (tertiary/aromatic N) is 1. The molecule has 1 aromatic carbocycles. The van der Waals surface area contributed by atoms with E-state index >= 15 is 0 Å². The normalized spacial score (nSPS) is 15.8. The van der Waals surface area contributed by atoms with E-state index in [2.05, 4.69) is 31.3 Å². The molecule has 0 bridgehead atoms. The Morgan fingerprint density at radius 1 is 1.35 bits per heavy atom. The molecule has 0 radical (unpaired) electrons. The van der Waals surface area contributed by atoms with Gasteiger partial charge in [0.15, 0.2) is 0 Å². The fourth-order valence-corrected chi connectivity index (χ4v) is 2.32. The highest BCUT2D eigenvalue weighted by Crippen LogP contribution is 2.22. The van der Waals surface area contributed by atoms with E-state index in [-0.39, 0.29) is 11.9 Å². The summed E-state index contributed by atoms with van der Waals surface area (Å²) in [5.74, 6) is 0.245. The Morgan fingerprint density at radius 3 is 2.47 bits per heavy atom. The molecule has 1 atom stereocenters. The van der Waals surface area contributed by atoms with Crippen molar-refractivity contribution in [2.75, 3.05) is 6.54 Å². The Hall–Kier alpha value is -1.35. The molecule has 1 unspecified atom stereocenters. The number of amides is 1. The summed E-state index contributed by atoms with van der Waals surface area (Å²) < 4.78 is 0. The number of hydrogen-bond donors (Lipinski definition) is 1. The van der Waals surface area contributed by atoms with Gasteiger partial charge in [-0.2, -0.15) is 0 Å². The number of hydrogen-bond acceptors (Lipinski definition) is 2. The van der Waals surface area contributed by atoms with Gasteiger partial charge in [0, 0.05) is 25.6 Å². The second-order valence-corrected chi connectivity index (χ2v) is 4.68. The second kappa shape index (κ2) is 5.32. The van der Waals surface area contributed by atoms with Crippen LogP contribution < -0.4 is 5.32 Å². The molecule has 1 aliphatic heterocycles. The van der Waals surface area contributed by atoms with Gasteiger partial charge in [0.2, 0.25) is 5.91 Å². The van der Waals surface area contributed by atoms with Crippen LogP contribution in [0.3, 0.4) is 0 Å². The zero-order chi connectivity index (χ0) is 12.3. The number of carbonyl (C=O) groups excluding carboxylic acids is 1. The van der Waals surface area contributed by atoms with Gasteiger partial charge in [-0.15, -0.1) is 0 Å². The summed E-state index contributed by atoms with van der Waals surface area (Å²) in [6.45, 7) is 6.58. The van der Waals surface area contributed by atoms with Crippen molar-refractivity contribution < 1.29 is 4.79 Å². The van der Waals surface area contributed by atoms with Crippen LogP contribution >= 0.6 is 0 Å². The van der Waals surface area contributed by atoms with Gasteiger partial charge in [-0.25, -0.2) is 0 Å². The van der Waals surface area contributed by atoms with E-state index in [1.54, 1.807) is 0 Å². The summed E-state index contributed by atoms with van der Waals surface area (Å²) in [5, 5.41) is 3.27. The first-order valence-corrected chi connectivity index (χ1v) is 6.28. The van der Waals surface area contributed by atoms with Crippen LogP contribution in [0.4, 0.5) is 0 Å². The van der Waals surface area contributed by atoms with E-state index in [9.17, 15) is 4.79 Å². The average molecular weight is 232 g/mol. The van der Waals surface area contributed by atoms with Gasteiger partial charge in [0.1, 0.15) is 0 Å². The highest BCUT2D eigenvalue weighted by molar-refractivity contribution is 5.77. The van der Waals surface area contributed by atoms with Crippen LogP contribution in [0.5, 0.6) is 0 Å². The Kier molecular flexibility index (Phi) is 3.79. The van der Waals surface area contributed by atoms with Gasteiger partial charge in [-0.3, -0.25) is 4.79 Å². The zero-order valence-electron chi connectivity index (χ0n) is 10.6. The van der Waals surface area contributed by atoms with Crippen LogP contribution in [0.25, 0.3) is 0 Å². The summed E-state index contributed by atoms with van der Waals surface area (Å²) in [7, 11) is 0. The monoisotopic (exact) mass is 232 g/mol. The van der Waals surface area contributed by atoms with E-state index in [0.717, 1.165) is 19.6 Å². The lowest BCUT2D eigenvalue weighted by Gasteiger charge is -2.18. The molecular weight excluding hydrogens is 212 g/mol. The molecule has 3 nitrogen and oxygen atoms in total. The van der Waals surface area contributed by atoms with Crippen LogP contribution in [0.15, 0.2) is 24.3 Å². The van der Waals surface area contributed by atoms with Crippen molar-refractivity contribution in [3.05, 3.63) is 35.4 Å². The van der Waals surface area contributed by atoms with Gasteiger partial charge < -0.3 is 10.2 Å². The lowest BCUT2D eigenvalue weighted by Crippen LogP contribution is -2.34. The van der Waals surface area contributed by atoms with Gasteiger partial charge >= 0.3 is 0 Å². The number of carbonyl (C=O) groups is 1. The third-order valence-electron chi connectivity index (χ3n) is 3.23. The molecule has 3 heteroatoms. The molecule has 0 spiro atoms. The summed E-state index contributed by atoms with van der Waals surface area (Å²) in [6, 6.07) is 8.55. The summed E-state index contributed by atoms with van der Waals surface area (Å²) in [6.07, 6.45) is 0.585. The van der Waals surface area contributed by atoms with E-state index in [0.29, 0.717) is 6.42 Å². The lowest BCUT2D eigenvalue weighted by molar-refractivity contribution is -0.132. The summed E-state index contributed by atoms with van der Waals surface area (Å²) in [4.78, 5) is 14.0. The minimum absolute atomic E-state index is 0.245. The largest absolute Gasteiger partial charge is 0.334 e.